The van der Waals surface area contributed by atoms with Crippen LogP contribution in [0.15, 0.2) is 12.2 Å². The van der Waals surface area contributed by atoms with Crippen LogP contribution in [-0.2, 0) is 4.79 Å². The van der Waals surface area contributed by atoms with Crippen molar-refractivity contribution in [1.82, 2.24) is 10.2 Å². The molecule has 6 nitrogen and oxygen atoms in total. The zero-order valence-electron chi connectivity index (χ0n) is 31.5. The highest BCUT2D eigenvalue weighted by atomic mass is 16.3. The number of aliphatic hydroxyl groups excluding tert-OH is 1. The van der Waals surface area contributed by atoms with Crippen molar-refractivity contribution in [3.05, 3.63) is 12.2 Å². The number of rotatable bonds is 14. The second-order valence-corrected chi connectivity index (χ2v) is 18.7. The summed E-state index contributed by atoms with van der Waals surface area (Å²) in [7, 11) is 0. The van der Waals surface area contributed by atoms with E-state index in [0.717, 1.165) is 103 Å². The fraction of sp³-hybridized carbons (Fsp3) is 0.927. The zero-order chi connectivity index (χ0) is 34.3. The predicted molar refractivity (Wildman–Crippen MR) is 196 cm³/mol. The van der Waals surface area contributed by atoms with Gasteiger partial charge in [-0.1, -0.05) is 53.2 Å². The van der Waals surface area contributed by atoms with Gasteiger partial charge >= 0.3 is 0 Å². The summed E-state index contributed by atoms with van der Waals surface area (Å²) in [6.07, 6.45) is 16.7. The lowest BCUT2D eigenvalue weighted by molar-refractivity contribution is -0.246. The van der Waals surface area contributed by atoms with Crippen LogP contribution in [0.25, 0.3) is 0 Å². The second kappa shape index (κ2) is 14.3. The summed E-state index contributed by atoms with van der Waals surface area (Å²) >= 11 is 0. The molecule has 0 bridgehead atoms. The first-order valence-corrected chi connectivity index (χ1v) is 20.0. The molecule has 0 heterocycles. The Morgan fingerprint density at radius 1 is 0.787 bits per heavy atom. The third-order valence-corrected chi connectivity index (χ3v) is 16.3. The molecule has 47 heavy (non-hydrogen) atoms. The molecule has 5 fully saturated rings. The van der Waals surface area contributed by atoms with Crippen molar-refractivity contribution in [3.63, 3.8) is 0 Å². The summed E-state index contributed by atoms with van der Waals surface area (Å²) in [6.45, 7) is 24.9. The van der Waals surface area contributed by atoms with E-state index in [2.05, 4.69) is 58.3 Å². The summed E-state index contributed by atoms with van der Waals surface area (Å²) in [6, 6.07) is 0. The summed E-state index contributed by atoms with van der Waals surface area (Å²) in [5.41, 5.74) is 13.4. The van der Waals surface area contributed by atoms with E-state index in [0.29, 0.717) is 35.5 Å². The van der Waals surface area contributed by atoms with Gasteiger partial charge < -0.3 is 26.8 Å². The topological polar surface area (TPSA) is 105 Å². The van der Waals surface area contributed by atoms with Crippen molar-refractivity contribution in [2.45, 2.75) is 144 Å². The number of carbonyl (C=O) groups excluding carboxylic acids is 1. The summed E-state index contributed by atoms with van der Waals surface area (Å²) in [4.78, 5) is 16.9. The molecule has 0 aromatic rings. The smallest absolute Gasteiger partial charge is 0.226 e. The number of nitrogens with one attached hydrogen (secondary N) is 1. The maximum atomic E-state index is 14.4. The number of nitrogens with zero attached hydrogens (tertiary/aromatic N) is 1. The van der Waals surface area contributed by atoms with Gasteiger partial charge in [0, 0.05) is 6.54 Å². The quantitative estimate of drug-likeness (QED) is 0.116. The largest absolute Gasteiger partial charge is 0.393 e. The fourth-order valence-corrected chi connectivity index (χ4v) is 13.5. The molecule has 0 saturated heterocycles. The van der Waals surface area contributed by atoms with Crippen LogP contribution >= 0.6 is 0 Å². The standard InChI is InChI=1S/C41H74N4O2/c1-29(2)30-15-20-41(36(47)44-25-9-8-10-26-45(27-11-23-42)28-12-24-43)22-21-39(6)31(35(30)41)13-14-33-38(5)18-17-34(46)37(3,4)32(38)16-19-40(33,39)7/h30-35,46H,1,8-28,42-43H2,2-7H3,(H,44,47)/t30-,31+,32-,33+,34-,35+,38-,39+,40+,41-/m0/s1. The molecule has 0 radical (unpaired) electrons. The lowest BCUT2D eigenvalue weighted by atomic mass is 9.32. The van der Waals surface area contributed by atoms with Gasteiger partial charge in [-0.15, -0.1) is 0 Å². The van der Waals surface area contributed by atoms with E-state index in [-0.39, 0.29) is 33.2 Å². The molecule has 0 aromatic heterocycles. The van der Waals surface area contributed by atoms with Gasteiger partial charge in [0.1, 0.15) is 0 Å². The molecule has 5 aliphatic carbocycles. The minimum atomic E-state index is -0.240. The number of carbonyl (C=O) groups is 1. The number of aliphatic hydroxyl groups is 1. The highest BCUT2D eigenvalue weighted by Gasteiger charge is 2.71. The first kappa shape index (κ1) is 37.3. The SMILES string of the molecule is C=C(C)[C@@H]1CC[C@]2(C(=O)NCCCCCN(CCCN)CCCN)CC[C@]3(C)[C@H](CC[C@@H]4[C@@]5(C)CC[C@H](O)C(C)(C)[C@@H]5CC[C@]43C)[C@@H]12. The number of hydrogen-bond acceptors (Lipinski definition) is 5. The molecule has 0 aromatic carbocycles. The number of hydrogen-bond donors (Lipinski definition) is 4. The zero-order valence-corrected chi connectivity index (χ0v) is 31.5. The monoisotopic (exact) mass is 655 g/mol. The number of nitrogens with two attached hydrogens (primary N) is 2. The van der Waals surface area contributed by atoms with E-state index >= 15 is 0 Å². The maximum absolute atomic E-state index is 14.4. The van der Waals surface area contributed by atoms with Crippen LogP contribution in [0.5, 0.6) is 0 Å². The highest BCUT2D eigenvalue weighted by molar-refractivity contribution is 5.83. The average Bonchev–Trinajstić information content (AvgIpc) is 3.43. The van der Waals surface area contributed by atoms with Gasteiger partial charge in [0.05, 0.1) is 11.5 Å². The number of allylic oxidation sites excluding steroid dienone is 1. The van der Waals surface area contributed by atoms with E-state index in [1.807, 2.05) is 0 Å². The van der Waals surface area contributed by atoms with Crippen molar-refractivity contribution in [3.8, 4) is 0 Å². The first-order chi connectivity index (χ1) is 22.2. The van der Waals surface area contributed by atoms with Gasteiger partial charge in [0.2, 0.25) is 5.91 Å². The van der Waals surface area contributed by atoms with Gasteiger partial charge in [-0.2, -0.15) is 0 Å². The Bertz CT molecular complexity index is 1100. The van der Waals surface area contributed by atoms with Gasteiger partial charge in [-0.3, -0.25) is 4.79 Å². The van der Waals surface area contributed by atoms with Crippen molar-refractivity contribution in [1.29, 1.82) is 0 Å². The lowest BCUT2D eigenvalue weighted by Gasteiger charge is -2.72. The Labute approximate surface area is 289 Å². The maximum Gasteiger partial charge on any atom is 0.226 e. The van der Waals surface area contributed by atoms with Crippen LogP contribution < -0.4 is 16.8 Å². The molecule has 6 N–H and O–H groups in total. The Kier molecular flexibility index (Phi) is 11.4. The average molecular weight is 655 g/mol. The van der Waals surface area contributed by atoms with E-state index < -0.39 is 0 Å². The van der Waals surface area contributed by atoms with Crippen molar-refractivity contribution >= 4 is 5.91 Å². The Balaban J connectivity index is 1.28. The Morgan fingerprint density at radius 2 is 1.47 bits per heavy atom. The molecule has 0 spiro atoms. The minimum absolute atomic E-state index is 0.0171. The summed E-state index contributed by atoms with van der Waals surface area (Å²) < 4.78 is 0. The van der Waals surface area contributed by atoms with Crippen LogP contribution in [0.2, 0.25) is 0 Å². The molecule has 5 aliphatic rings. The van der Waals surface area contributed by atoms with E-state index in [4.69, 9.17) is 11.5 Å². The molecule has 0 aliphatic heterocycles. The normalized spacial score (nSPS) is 42.3. The van der Waals surface area contributed by atoms with E-state index in [1.165, 1.54) is 37.7 Å². The second-order valence-electron chi connectivity index (χ2n) is 18.7. The Morgan fingerprint density at radius 3 is 2.13 bits per heavy atom. The van der Waals surface area contributed by atoms with Crippen molar-refractivity contribution in [2.24, 2.45) is 68.1 Å². The summed E-state index contributed by atoms with van der Waals surface area (Å²) in [5.74, 6) is 3.06. The van der Waals surface area contributed by atoms with E-state index in [9.17, 15) is 9.90 Å². The first-order valence-electron chi connectivity index (χ1n) is 20.0. The molecule has 5 rings (SSSR count). The molecular formula is C41H74N4O2. The molecule has 1 amide bonds. The molecule has 10 atom stereocenters. The van der Waals surface area contributed by atoms with Crippen LogP contribution in [0.1, 0.15) is 138 Å². The van der Waals surface area contributed by atoms with Crippen LogP contribution in [0, 0.1) is 56.7 Å². The van der Waals surface area contributed by atoms with Gasteiger partial charge in [0.15, 0.2) is 0 Å². The highest BCUT2D eigenvalue weighted by Crippen LogP contribution is 2.77. The molecule has 5 saturated carbocycles. The van der Waals surface area contributed by atoms with Gasteiger partial charge in [-0.05, 0) is 181 Å². The fourth-order valence-electron chi connectivity index (χ4n) is 13.5. The summed E-state index contributed by atoms with van der Waals surface area (Å²) in [5, 5.41) is 14.6. The predicted octanol–water partition coefficient (Wildman–Crippen LogP) is 7.29. The van der Waals surface area contributed by atoms with Crippen molar-refractivity contribution < 1.29 is 9.90 Å². The van der Waals surface area contributed by atoms with Gasteiger partial charge in [-0.25, -0.2) is 0 Å². The van der Waals surface area contributed by atoms with Gasteiger partial charge in [0.25, 0.3) is 0 Å². The number of fused-ring (bicyclic) bond motifs is 7. The lowest BCUT2D eigenvalue weighted by Crippen LogP contribution is -2.67. The van der Waals surface area contributed by atoms with Crippen LogP contribution in [0.3, 0.4) is 0 Å². The molecule has 6 heteroatoms. The molecular weight excluding hydrogens is 580 g/mol. The number of unbranched alkanes of at least 4 members (excludes halogenated alkanes) is 2. The Hall–Kier alpha value is -0.950. The molecule has 270 valence electrons. The van der Waals surface area contributed by atoms with Crippen molar-refractivity contribution in [2.75, 3.05) is 39.3 Å². The number of amides is 1. The molecule has 0 unspecified atom stereocenters. The van der Waals surface area contributed by atoms with Crippen LogP contribution in [0.4, 0.5) is 0 Å². The third-order valence-electron chi connectivity index (χ3n) is 16.3. The third kappa shape index (κ3) is 6.31. The van der Waals surface area contributed by atoms with E-state index in [1.54, 1.807) is 0 Å². The van der Waals surface area contributed by atoms with Crippen LogP contribution in [-0.4, -0.2) is 61.3 Å². The minimum Gasteiger partial charge on any atom is -0.393 e.